The monoisotopic (exact) mass is 339 g/mol. The largest absolute Gasteiger partial charge is 0.463 e. The predicted octanol–water partition coefficient (Wildman–Crippen LogP) is 4.43. The summed E-state index contributed by atoms with van der Waals surface area (Å²) in [4.78, 5) is 25.5. The molecule has 0 saturated heterocycles. The van der Waals surface area contributed by atoms with E-state index in [1.165, 1.54) is 6.92 Å². The van der Waals surface area contributed by atoms with Crippen molar-refractivity contribution in [1.82, 2.24) is 0 Å². The molecule has 0 aliphatic carbocycles. The summed E-state index contributed by atoms with van der Waals surface area (Å²) >= 11 is 0. The Kier molecular flexibility index (Phi) is 6.34. The van der Waals surface area contributed by atoms with Crippen LogP contribution in [0.1, 0.15) is 44.4 Å². The standard InChI is InChI=1S/C21H25NO3/c1-15-10-12-20(13-11-15)22(17(3)23)21(14-16(2)25-18(4)24)19-8-6-5-7-9-19/h5-13,16,21H,14H2,1-4H3. The minimum Gasteiger partial charge on any atom is -0.463 e. The van der Waals surface area contributed by atoms with Crippen molar-refractivity contribution in [2.45, 2.75) is 46.3 Å². The number of anilines is 1. The fourth-order valence-electron chi connectivity index (χ4n) is 3.00. The van der Waals surface area contributed by atoms with Crippen molar-refractivity contribution >= 4 is 17.6 Å². The molecule has 4 nitrogen and oxygen atoms in total. The van der Waals surface area contributed by atoms with Gasteiger partial charge in [0, 0.05) is 26.0 Å². The van der Waals surface area contributed by atoms with E-state index in [-0.39, 0.29) is 24.0 Å². The summed E-state index contributed by atoms with van der Waals surface area (Å²) < 4.78 is 5.31. The second-order valence-corrected chi connectivity index (χ2v) is 6.31. The third-order valence-corrected chi connectivity index (χ3v) is 4.07. The second-order valence-electron chi connectivity index (χ2n) is 6.31. The van der Waals surface area contributed by atoms with Crippen LogP contribution in [0.2, 0.25) is 0 Å². The molecule has 0 aliphatic rings. The van der Waals surface area contributed by atoms with E-state index in [0.29, 0.717) is 6.42 Å². The van der Waals surface area contributed by atoms with Crippen molar-refractivity contribution in [3.8, 4) is 0 Å². The molecule has 2 aromatic carbocycles. The molecule has 0 fully saturated rings. The van der Waals surface area contributed by atoms with Gasteiger partial charge in [-0.2, -0.15) is 0 Å². The lowest BCUT2D eigenvalue weighted by atomic mass is 9.98. The fourth-order valence-corrected chi connectivity index (χ4v) is 3.00. The first-order valence-electron chi connectivity index (χ1n) is 8.47. The van der Waals surface area contributed by atoms with Gasteiger partial charge in [0.1, 0.15) is 6.10 Å². The van der Waals surface area contributed by atoms with E-state index in [9.17, 15) is 9.59 Å². The second kappa shape index (κ2) is 8.47. The highest BCUT2D eigenvalue weighted by Crippen LogP contribution is 2.32. The van der Waals surface area contributed by atoms with Gasteiger partial charge in [-0.25, -0.2) is 0 Å². The van der Waals surface area contributed by atoms with Crippen LogP contribution in [0.25, 0.3) is 0 Å². The average molecular weight is 339 g/mol. The first kappa shape index (κ1) is 18.7. The Balaban J connectivity index is 2.41. The number of carbonyl (C=O) groups is 2. The molecule has 0 heterocycles. The van der Waals surface area contributed by atoms with Crippen molar-refractivity contribution in [2.75, 3.05) is 4.90 Å². The molecule has 4 heteroatoms. The Morgan fingerprint density at radius 1 is 1.00 bits per heavy atom. The zero-order valence-corrected chi connectivity index (χ0v) is 15.2. The van der Waals surface area contributed by atoms with Crippen molar-refractivity contribution in [3.05, 3.63) is 65.7 Å². The zero-order valence-electron chi connectivity index (χ0n) is 15.2. The number of hydrogen-bond acceptors (Lipinski definition) is 3. The molecule has 0 bridgehead atoms. The smallest absolute Gasteiger partial charge is 0.302 e. The molecular weight excluding hydrogens is 314 g/mol. The van der Waals surface area contributed by atoms with E-state index in [1.807, 2.05) is 68.4 Å². The van der Waals surface area contributed by atoms with E-state index in [1.54, 1.807) is 11.8 Å². The third kappa shape index (κ3) is 5.18. The maximum Gasteiger partial charge on any atom is 0.302 e. The number of esters is 1. The Hall–Kier alpha value is -2.62. The molecule has 2 unspecified atom stereocenters. The van der Waals surface area contributed by atoms with Crippen molar-refractivity contribution < 1.29 is 14.3 Å². The van der Waals surface area contributed by atoms with Crippen LogP contribution >= 0.6 is 0 Å². The minimum absolute atomic E-state index is 0.0484. The van der Waals surface area contributed by atoms with E-state index in [0.717, 1.165) is 16.8 Å². The number of aryl methyl sites for hydroxylation is 1. The quantitative estimate of drug-likeness (QED) is 0.731. The number of benzene rings is 2. The van der Waals surface area contributed by atoms with Gasteiger partial charge >= 0.3 is 5.97 Å². The Morgan fingerprint density at radius 3 is 2.12 bits per heavy atom. The zero-order chi connectivity index (χ0) is 18.4. The van der Waals surface area contributed by atoms with Crippen LogP contribution in [0, 0.1) is 6.92 Å². The van der Waals surface area contributed by atoms with Gasteiger partial charge in [-0.3, -0.25) is 9.59 Å². The topological polar surface area (TPSA) is 46.6 Å². The van der Waals surface area contributed by atoms with Crippen LogP contribution in [-0.2, 0) is 14.3 Å². The summed E-state index contributed by atoms with van der Waals surface area (Å²) in [5, 5.41) is 0. The van der Waals surface area contributed by atoms with Gasteiger partial charge in [0.15, 0.2) is 0 Å². The molecular formula is C21H25NO3. The van der Waals surface area contributed by atoms with Crippen LogP contribution in [-0.4, -0.2) is 18.0 Å². The molecule has 0 aliphatic heterocycles. The van der Waals surface area contributed by atoms with Crippen LogP contribution in [0.3, 0.4) is 0 Å². The van der Waals surface area contributed by atoms with Crippen molar-refractivity contribution in [3.63, 3.8) is 0 Å². The number of nitrogens with zero attached hydrogens (tertiary/aromatic N) is 1. The lowest BCUT2D eigenvalue weighted by Crippen LogP contribution is -2.35. The van der Waals surface area contributed by atoms with Gasteiger partial charge in [-0.1, -0.05) is 48.0 Å². The van der Waals surface area contributed by atoms with E-state index in [2.05, 4.69) is 0 Å². The summed E-state index contributed by atoms with van der Waals surface area (Å²) in [6.07, 6.45) is 0.229. The molecule has 0 aromatic heterocycles. The predicted molar refractivity (Wildman–Crippen MR) is 99.4 cm³/mol. The van der Waals surface area contributed by atoms with Crippen molar-refractivity contribution in [2.24, 2.45) is 0 Å². The van der Waals surface area contributed by atoms with Gasteiger partial charge in [0.2, 0.25) is 5.91 Å². The van der Waals surface area contributed by atoms with Crippen LogP contribution in [0.4, 0.5) is 5.69 Å². The molecule has 2 rings (SSSR count). The SMILES string of the molecule is CC(=O)OC(C)CC(c1ccccc1)N(C(C)=O)c1ccc(C)cc1. The molecule has 0 saturated carbocycles. The molecule has 0 spiro atoms. The summed E-state index contributed by atoms with van der Waals surface area (Å²) in [5.41, 5.74) is 2.98. The van der Waals surface area contributed by atoms with E-state index in [4.69, 9.17) is 4.74 Å². The highest BCUT2D eigenvalue weighted by molar-refractivity contribution is 5.92. The van der Waals surface area contributed by atoms with Crippen LogP contribution in [0.15, 0.2) is 54.6 Å². The average Bonchev–Trinajstić information content (AvgIpc) is 2.56. The van der Waals surface area contributed by atoms with E-state index < -0.39 is 0 Å². The molecule has 132 valence electrons. The summed E-state index contributed by atoms with van der Waals surface area (Å²) in [7, 11) is 0. The highest BCUT2D eigenvalue weighted by Gasteiger charge is 2.27. The van der Waals surface area contributed by atoms with Gasteiger partial charge in [0.25, 0.3) is 0 Å². The Morgan fingerprint density at radius 2 is 1.60 bits per heavy atom. The lowest BCUT2D eigenvalue weighted by Gasteiger charge is -2.33. The molecule has 0 radical (unpaired) electrons. The fraction of sp³-hybridized carbons (Fsp3) is 0.333. The van der Waals surface area contributed by atoms with Gasteiger partial charge in [0.05, 0.1) is 6.04 Å². The maximum atomic E-state index is 12.5. The first-order chi connectivity index (χ1) is 11.9. The van der Waals surface area contributed by atoms with Crippen LogP contribution in [0.5, 0.6) is 0 Å². The number of ether oxygens (including phenoxy) is 1. The summed E-state index contributed by atoms with van der Waals surface area (Å²) in [5.74, 6) is -0.364. The molecule has 1 amide bonds. The minimum atomic E-state index is -0.316. The van der Waals surface area contributed by atoms with E-state index >= 15 is 0 Å². The Bertz CT molecular complexity index is 710. The molecule has 2 atom stereocenters. The number of amides is 1. The molecule has 25 heavy (non-hydrogen) atoms. The maximum absolute atomic E-state index is 12.5. The Labute approximate surface area is 149 Å². The molecule has 2 aromatic rings. The van der Waals surface area contributed by atoms with Gasteiger partial charge < -0.3 is 9.64 Å². The molecule has 0 N–H and O–H groups in total. The summed E-state index contributed by atoms with van der Waals surface area (Å²) in [6.45, 7) is 6.83. The highest BCUT2D eigenvalue weighted by atomic mass is 16.5. The third-order valence-electron chi connectivity index (χ3n) is 4.07. The van der Waals surface area contributed by atoms with Gasteiger partial charge in [-0.15, -0.1) is 0 Å². The lowest BCUT2D eigenvalue weighted by molar-refractivity contribution is -0.145. The van der Waals surface area contributed by atoms with Crippen LogP contribution < -0.4 is 4.90 Å². The normalized spacial score (nSPS) is 13.0. The van der Waals surface area contributed by atoms with Crippen molar-refractivity contribution in [1.29, 1.82) is 0 Å². The number of hydrogen-bond donors (Lipinski definition) is 0. The number of rotatable bonds is 6. The first-order valence-corrected chi connectivity index (χ1v) is 8.47. The number of carbonyl (C=O) groups excluding carboxylic acids is 2. The summed E-state index contributed by atoms with van der Waals surface area (Å²) in [6, 6.07) is 17.5. The van der Waals surface area contributed by atoms with Gasteiger partial charge in [-0.05, 0) is 31.5 Å².